The van der Waals surface area contributed by atoms with Gasteiger partial charge < -0.3 is 14.8 Å². The third kappa shape index (κ3) is 6.51. The Kier molecular flexibility index (Phi) is 10.4. The first-order valence-corrected chi connectivity index (χ1v) is 12.8. The van der Waals surface area contributed by atoms with E-state index in [1.54, 1.807) is 0 Å². The van der Waals surface area contributed by atoms with E-state index in [0.717, 1.165) is 47.3 Å². The fourth-order valence-electron chi connectivity index (χ4n) is 4.84. The van der Waals surface area contributed by atoms with Gasteiger partial charge in [0.25, 0.3) is 0 Å². The molecule has 7 nitrogen and oxygen atoms in total. The molecule has 1 atom stereocenters. The van der Waals surface area contributed by atoms with Gasteiger partial charge in [-0.15, -0.1) is 0 Å². The summed E-state index contributed by atoms with van der Waals surface area (Å²) in [5.74, 6) is 1.62. The third-order valence-corrected chi connectivity index (χ3v) is 6.93. The van der Waals surface area contributed by atoms with Crippen LogP contribution >= 0.6 is 11.6 Å². The van der Waals surface area contributed by atoms with Crippen molar-refractivity contribution in [2.75, 3.05) is 0 Å². The van der Waals surface area contributed by atoms with E-state index in [2.05, 4.69) is 80.6 Å². The summed E-state index contributed by atoms with van der Waals surface area (Å²) in [5, 5.41) is 25.8. The number of hydrogen-bond donors (Lipinski definition) is 1. The Hall–Kier alpha value is -2.17. The first-order valence-electron chi connectivity index (χ1n) is 12.4. The van der Waals surface area contributed by atoms with E-state index in [0.29, 0.717) is 23.2 Å². The van der Waals surface area contributed by atoms with Crippen LogP contribution in [-0.4, -0.2) is 30.2 Å². The van der Waals surface area contributed by atoms with Crippen molar-refractivity contribution < 1.29 is 56.5 Å². The molecular weight excluding hydrogens is 523 g/mol. The van der Waals surface area contributed by atoms with Crippen molar-refractivity contribution >= 4 is 11.6 Å². The predicted octanol–water partition coefficient (Wildman–Crippen LogP) is 2.68. The minimum absolute atomic E-state index is 0. The van der Waals surface area contributed by atoms with Crippen LogP contribution < -0.4 is 56.5 Å². The van der Waals surface area contributed by atoms with E-state index >= 15 is 0 Å². The summed E-state index contributed by atoms with van der Waals surface area (Å²) in [6, 6.07) is 26.8. The molecule has 1 N–H and O–H groups in total. The average molecular weight is 551 g/mol. The minimum Gasteiger partial charge on any atom is -0.390 e. The van der Waals surface area contributed by atoms with E-state index in [9.17, 15) is 5.11 Å². The number of aliphatic hydroxyl groups excluding tert-OH is 1. The number of nitrogens with zero attached hydrogens (tertiary/aromatic N) is 6. The number of halogens is 1. The molecule has 0 aliphatic carbocycles. The fraction of sp³-hybridized carbons (Fsp3) is 0.241. The maximum absolute atomic E-state index is 10.1. The standard InChI is InChI=1S/C29H28ClN6O.K/c1-2-8-23(17-20-9-4-3-5-10-20)29-31-27(30)26(19-37)36(29)18-21-13-15-22(16-14-21)24-11-6-7-12-25(24)28-32-34-35-33-28;/h3-7,9-16,23,37H,2,8,17-19H2,1H3;/q-1;+1. The smallest absolute Gasteiger partial charge is 0.390 e. The van der Waals surface area contributed by atoms with Crippen molar-refractivity contribution in [2.24, 2.45) is 0 Å². The number of imidazole rings is 1. The Morgan fingerprint density at radius 1 is 0.921 bits per heavy atom. The van der Waals surface area contributed by atoms with Crippen molar-refractivity contribution in [2.45, 2.75) is 45.3 Å². The van der Waals surface area contributed by atoms with Gasteiger partial charge in [0.1, 0.15) is 5.82 Å². The Morgan fingerprint density at radius 2 is 1.63 bits per heavy atom. The van der Waals surface area contributed by atoms with E-state index in [-0.39, 0.29) is 63.9 Å². The van der Waals surface area contributed by atoms with Gasteiger partial charge in [0.05, 0.1) is 12.3 Å². The largest absolute Gasteiger partial charge is 1.00 e. The van der Waals surface area contributed by atoms with E-state index < -0.39 is 0 Å². The van der Waals surface area contributed by atoms with Crippen molar-refractivity contribution in [1.29, 1.82) is 0 Å². The number of tetrazole rings is 1. The van der Waals surface area contributed by atoms with Gasteiger partial charge in [-0.2, -0.15) is 5.21 Å². The maximum atomic E-state index is 10.1. The van der Waals surface area contributed by atoms with Crippen LogP contribution in [0.25, 0.3) is 22.5 Å². The molecule has 2 heterocycles. The van der Waals surface area contributed by atoms with Crippen LogP contribution in [0.15, 0.2) is 78.9 Å². The molecule has 38 heavy (non-hydrogen) atoms. The summed E-state index contributed by atoms with van der Waals surface area (Å²) >= 11 is 6.52. The zero-order valence-corrected chi connectivity index (χ0v) is 25.5. The Balaban J connectivity index is 0.00000336. The molecule has 0 aliphatic heterocycles. The van der Waals surface area contributed by atoms with Crippen LogP contribution in [0.4, 0.5) is 0 Å². The molecular formula is C29H28ClKN6O. The second kappa shape index (κ2) is 13.8. The number of aliphatic hydroxyl groups is 1. The summed E-state index contributed by atoms with van der Waals surface area (Å²) in [7, 11) is 0. The maximum Gasteiger partial charge on any atom is 1.00 e. The molecule has 0 saturated heterocycles. The number of benzene rings is 3. The Labute approximate surface area is 270 Å². The SMILES string of the molecule is CCCC(Cc1ccccc1)c1nc(Cl)c(CO)n1Cc1ccc(-c2ccccc2-c2nnn[n-]2)cc1.[K+]. The fourth-order valence-corrected chi connectivity index (χ4v) is 5.09. The van der Waals surface area contributed by atoms with Gasteiger partial charge in [-0.25, -0.2) is 4.98 Å². The van der Waals surface area contributed by atoms with Gasteiger partial charge in [-0.1, -0.05) is 104 Å². The molecule has 0 spiro atoms. The Morgan fingerprint density at radius 3 is 2.29 bits per heavy atom. The summed E-state index contributed by atoms with van der Waals surface area (Å²) in [6.45, 7) is 2.59. The summed E-state index contributed by atoms with van der Waals surface area (Å²) in [6.07, 6.45) is 2.88. The molecule has 0 aliphatic rings. The molecule has 2 aromatic heterocycles. The van der Waals surface area contributed by atoms with Crippen molar-refractivity contribution in [3.63, 3.8) is 0 Å². The molecule has 188 valence electrons. The second-order valence-corrected chi connectivity index (χ2v) is 9.43. The van der Waals surface area contributed by atoms with E-state index in [1.807, 2.05) is 30.3 Å². The molecule has 0 saturated carbocycles. The molecule has 5 rings (SSSR count). The number of rotatable bonds is 10. The zero-order chi connectivity index (χ0) is 25.6. The predicted molar refractivity (Wildman–Crippen MR) is 144 cm³/mol. The quantitative estimate of drug-likeness (QED) is 0.269. The first kappa shape index (κ1) is 28.8. The molecule has 0 radical (unpaired) electrons. The van der Waals surface area contributed by atoms with Crippen LogP contribution in [0.3, 0.4) is 0 Å². The summed E-state index contributed by atoms with van der Waals surface area (Å²) < 4.78 is 2.09. The Bertz CT molecular complexity index is 1440. The van der Waals surface area contributed by atoms with Gasteiger partial charge in [0.15, 0.2) is 5.15 Å². The topological polar surface area (TPSA) is 90.8 Å². The number of aromatic nitrogens is 6. The molecule has 9 heteroatoms. The van der Waals surface area contributed by atoms with Gasteiger partial charge in [-0.3, -0.25) is 10.3 Å². The van der Waals surface area contributed by atoms with Crippen LogP contribution in [0.1, 0.15) is 48.3 Å². The molecule has 0 fully saturated rings. The molecule has 0 amide bonds. The third-order valence-electron chi connectivity index (χ3n) is 6.62. The first-order chi connectivity index (χ1) is 18.2. The van der Waals surface area contributed by atoms with Gasteiger partial charge in [-0.05, 0) is 40.7 Å². The van der Waals surface area contributed by atoms with Crippen molar-refractivity contribution in [3.8, 4) is 22.5 Å². The van der Waals surface area contributed by atoms with Crippen LogP contribution in [0, 0.1) is 0 Å². The molecule has 3 aromatic carbocycles. The van der Waals surface area contributed by atoms with Crippen molar-refractivity contribution in [3.05, 3.63) is 107 Å². The summed E-state index contributed by atoms with van der Waals surface area (Å²) in [5.41, 5.74) is 5.94. The molecule has 1 unspecified atom stereocenters. The average Bonchev–Trinajstić information content (AvgIpc) is 3.58. The van der Waals surface area contributed by atoms with Gasteiger partial charge in [0, 0.05) is 18.3 Å². The zero-order valence-electron chi connectivity index (χ0n) is 21.6. The molecule has 5 aromatic rings. The second-order valence-electron chi connectivity index (χ2n) is 9.07. The monoisotopic (exact) mass is 550 g/mol. The minimum atomic E-state index is -0.163. The van der Waals surface area contributed by atoms with E-state index in [1.165, 1.54) is 5.56 Å². The van der Waals surface area contributed by atoms with Gasteiger partial charge >= 0.3 is 51.4 Å². The summed E-state index contributed by atoms with van der Waals surface area (Å²) in [4.78, 5) is 4.74. The van der Waals surface area contributed by atoms with E-state index in [4.69, 9.17) is 16.6 Å². The van der Waals surface area contributed by atoms with Crippen LogP contribution in [-0.2, 0) is 19.6 Å². The van der Waals surface area contributed by atoms with Crippen molar-refractivity contribution in [1.82, 2.24) is 30.2 Å². The van der Waals surface area contributed by atoms with Gasteiger partial charge in [0.2, 0.25) is 0 Å². The molecule has 0 bridgehead atoms. The normalized spacial score (nSPS) is 11.8. The van der Waals surface area contributed by atoms with Crippen LogP contribution in [0.2, 0.25) is 5.15 Å². The number of hydrogen-bond acceptors (Lipinski definition) is 5. The van der Waals surface area contributed by atoms with Crippen LogP contribution in [0.5, 0.6) is 0 Å².